The summed E-state index contributed by atoms with van der Waals surface area (Å²) < 4.78 is 10.7. The molecule has 0 atom stereocenters. The van der Waals surface area contributed by atoms with Gasteiger partial charge >= 0.3 is 6.09 Å². The summed E-state index contributed by atoms with van der Waals surface area (Å²) in [6.07, 6.45) is -0.590. The fourth-order valence-corrected chi connectivity index (χ4v) is 1.65. The van der Waals surface area contributed by atoms with E-state index < -0.39 is 11.7 Å². The van der Waals surface area contributed by atoms with E-state index >= 15 is 0 Å². The van der Waals surface area contributed by atoms with Crippen LogP contribution in [0.1, 0.15) is 33.5 Å². The molecule has 20 heavy (non-hydrogen) atoms. The molecule has 5 nitrogen and oxygen atoms in total. The van der Waals surface area contributed by atoms with E-state index in [2.05, 4.69) is 10.5 Å². The minimum Gasteiger partial charge on any atom is -0.455 e. The Hall–Kier alpha value is -2.30. The highest BCUT2D eigenvalue weighted by Crippen LogP contribution is 2.19. The molecule has 2 rings (SSSR count). The minimum absolute atomic E-state index is 0.549. The lowest BCUT2D eigenvalue weighted by Gasteiger charge is -2.18. The minimum atomic E-state index is -0.590. The first-order chi connectivity index (χ1) is 9.35. The topological polar surface area (TPSA) is 63.8 Å². The lowest BCUT2D eigenvalue weighted by atomic mass is 10.2. The fraction of sp³-hybridized carbons (Fsp3) is 0.333. The van der Waals surface area contributed by atoms with Crippen LogP contribution >= 0.6 is 0 Å². The van der Waals surface area contributed by atoms with E-state index in [1.54, 1.807) is 27.7 Å². The van der Waals surface area contributed by atoms with Gasteiger partial charge in [0, 0.05) is 5.39 Å². The van der Waals surface area contributed by atoms with E-state index in [4.69, 9.17) is 9.15 Å². The van der Waals surface area contributed by atoms with Crippen molar-refractivity contribution in [2.75, 3.05) is 0 Å². The Morgan fingerprint density at radius 1 is 1.30 bits per heavy atom. The molecular weight excluding hydrogens is 256 g/mol. The third-order valence-electron chi connectivity index (χ3n) is 2.50. The lowest BCUT2D eigenvalue weighted by molar-refractivity contribution is 0.0529. The Kier molecular flexibility index (Phi) is 3.79. The summed E-state index contributed by atoms with van der Waals surface area (Å²) in [6.45, 7) is 7.14. The molecule has 0 aliphatic carbocycles. The molecule has 0 saturated carbocycles. The molecule has 1 aromatic heterocycles. The summed E-state index contributed by atoms with van der Waals surface area (Å²) in [5.41, 5.74) is 3.16. The number of nitrogens with one attached hydrogen (secondary N) is 1. The van der Waals surface area contributed by atoms with Gasteiger partial charge < -0.3 is 9.15 Å². The van der Waals surface area contributed by atoms with Gasteiger partial charge in [-0.2, -0.15) is 5.10 Å². The maximum Gasteiger partial charge on any atom is 0.428 e. The number of carbonyl (C=O) groups is 1. The van der Waals surface area contributed by atoms with Crippen molar-refractivity contribution >= 4 is 22.8 Å². The molecule has 106 valence electrons. The van der Waals surface area contributed by atoms with E-state index in [1.807, 2.05) is 30.3 Å². The predicted molar refractivity (Wildman–Crippen MR) is 77.8 cm³/mol. The van der Waals surface area contributed by atoms with Crippen molar-refractivity contribution in [3.63, 3.8) is 0 Å². The molecule has 0 unspecified atom stereocenters. The monoisotopic (exact) mass is 274 g/mol. The summed E-state index contributed by atoms with van der Waals surface area (Å²) in [5.74, 6) is 0.613. The lowest BCUT2D eigenvalue weighted by Crippen LogP contribution is -2.30. The van der Waals surface area contributed by atoms with E-state index in [0.717, 1.165) is 11.0 Å². The van der Waals surface area contributed by atoms with Gasteiger partial charge in [0.1, 0.15) is 16.9 Å². The number of furan rings is 1. The Morgan fingerprint density at radius 3 is 2.65 bits per heavy atom. The zero-order valence-corrected chi connectivity index (χ0v) is 12.1. The fourth-order valence-electron chi connectivity index (χ4n) is 1.65. The maximum absolute atomic E-state index is 11.5. The number of hydrogen-bond donors (Lipinski definition) is 1. The molecule has 1 amide bonds. The van der Waals surface area contributed by atoms with E-state index in [9.17, 15) is 4.79 Å². The average Bonchev–Trinajstić information content (AvgIpc) is 2.77. The van der Waals surface area contributed by atoms with Crippen LogP contribution in [0.2, 0.25) is 0 Å². The number of ether oxygens (including phenoxy) is 1. The van der Waals surface area contributed by atoms with Crippen molar-refractivity contribution in [2.24, 2.45) is 5.10 Å². The number of nitrogens with zero attached hydrogens (tertiary/aromatic N) is 1. The Morgan fingerprint density at radius 2 is 2.00 bits per heavy atom. The number of carbonyl (C=O) groups excluding carboxylic acids is 1. The van der Waals surface area contributed by atoms with Crippen LogP contribution in [0, 0.1) is 0 Å². The smallest absolute Gasteiger partial charge is 0.428 e. The van der Waals surface area contributed by atoms with Gasteiger partial charge in [-0.1, -0.05) is 18.2 Å². The van der Waals surface area contributed by atoms with Gasteiger partial charge in [0.2, 0.25) is 0 Å². The second-order valence-corrected chi connectivity index (χ2v) is 5.46. The first-order valence-electron chi connectivity index (χ1n) is 6.37. The third-order valence-corrected chi connectivity index (χ3v) is 2.50. The van der Waals surface area contributed by atoms with Gasteiger partial charge in [-0.15, -0.1) is 0 Å². The molecule has 1 aromatic carbocycles. The van der Waals surface area contributed by atoms with E-state index in [1.165, 1.54) is 0 Å². The molecule has 1 N–H and O–H groups in total. The molecule has 0 saturated heterocycles. The molecule has 5 heteroatoms. The van der Waals surface area contributed by atoms with Gasteiger partial charge in [0.05, 0.1) is 0 Å². The Labute approximate surface area is 117 Å². The zero-order valence-electron chi connectivity index (χ0n) is 12.1. The number of rotatable bonds is 2. The van der Waals surface area contributed by atoms with Gasteiger partial charge in [0.15, 0.2) is 5.76 Å². The molecule has 0 spiro atoms. The number of amides is 1. The average molecular weight is 274 g/mol. The van der Waals surface area contributed by atoms with Crippen LogP contribution in [0.5, 0.6) is 0 Å². The molecule has 0 aliphatic rings. The first-order valence-corrected chi connectivity index (χ1v) is 6.37. The van der Waals surface area contributed by atoms with Gasteiger partial charge in [0.25, 0.3) is 0 Å². The predicted octanol–water partition coefficient (Wildman–Crippen LogP) is 3.68. The molecule has 0 aliphatic heterocycles. The normalized spacial score (nSPS) is 12.5. The van der Waals surface area contributed by atoms with Crippen molar-refractivity contribution in [3.8, 4) is 0 Å². The Balaban J connectivity index is 2.08. The van der Waals surface area contributed by atoms with Crippen molar-refractivity contribution in [3.05, 3.63) is 36.1 Å². The number of hydrogen-bond acceptors (Lipinski definition) is 4. The van der Waals surface area contributed by atoms with E-state index in [-0.39, 0.29) is 0 Å². The second kappa shape index (κ2) is 5.36. The van der Waals surface area contributed by atoms with Crippen molar-refractivity contribution < 1.29 is 13.9 Å². The molecule has 0 fully saturated rings. The molecule has 2 aromatic rings. The summed E-state index contributed by atoms with van der Waals surface area (Å²) in [4.78, 5) is 11.5. The number of hydrazone groups is 1. The standard InChI is InChI=1S/C15H18N2O3/c1-10(16-17-14(18)20-15(2,3)4)13-9-11-7-5-6-8-12(11)19-13/h5-9H,1-4H3,(H,17,18)/b16-10-. The van der Waals surface area contributed by atoms with Crippen molar-refractivity contribution in [2.45, 2.75) is 33.3 Å². The molecule has 0 radical (unpaired) electrons. The highest BCUT2D eigenvalue weighted by molar-refractivity contribution is 6.00. The van der Waals surface area contributed by atoms with Gasteiger partial charge in [-0.25, -0.2) is 10.2 Å². The molecular formula is C15H18N2O3. The largest absolute Gasteiger partial charge is 0.455 e. The number of benzene rings is 1. The maximum atomic E-state index is 11.5. The third kappa shape index (κ3) is 3.60. The van der Waals surface area contributed by atoms with Crippen LogP contribution < -0.4 is 5.43 Å². The van der Waals surface area contributed by atoms with Crippen LogP contribution in [0.25, 0.3) is 11.0 Å². The van der Waals surface area contributed by atoms with Crippen molar-refractivity contribution in [1.82, 2.24) is 5.43 Å². The molecule has 1 heterocycles. The number of fused-ring (bicyclic) bond motifs is 1. The van der Waals surface area contributed by atoms with Crippen LogP contribution in [-0.2, 0) is 4.74 Å². The zero-order chi connectivity index (χ0) is 14.8. The SMILES string of the molecule is C/C(=N/NC(=O)OC(C)(C)C)c1cc2ccccc2o1. The highest BCUT2D eigenvalue weighted by Gasteiger charge is 2.15. The summed E-state index contributed by atoms with van der Waals surface area (Å²) in [6, 6.07) is 9.56. The summed E-state index contributed by atoms with van der Waals surface area (Å²) in [5, 5.41) is 4.97. The second-order valence-electron chi connectivity index (χ2n) is 5.46. The summed E-state index contributed by atoms with van der Waals surface area (Å²) >= 11 is 0. The Bertz CT molecular complexity index is 617. The number of para-hydroxylation sites is 1. The van der Waals surface area contributed by atoms with Crippen LogP contribution in [-0.4, -0.2) is 17.4 Å². The van der Waals surface area contributed by atoms with Crippen molar-refractivity contribution in [1.29, 1.82) is 0 Å². The van der Waals surface area contributed by atoms with E-state index in [0.29, 0.717) is 11.5 Å². The quantitative estimate of drug-likeness (QED) is 0.671. The molecule has 0 bridgehead atoms. The van der Waals surface area contributed by atoms with Crippen LogP contribution in [0.3, 0.4) is 0 Å². The van der Waals surface area contributed by atoms with Gasteiger partial charge in [-0.3, -0.25) is 0 Å². The highest BCUT2D eigenvalue weighted by atomic mass is 16.6. The van der Waals surface area contributed by atoms with Crippen LogP contribution in [0.4, 0.5) is 4.79 Å². The van der Waals surface area contributed by atoms with Gasteiger partial charge in [-0.05, 0) is 39.8 Å². The summed E-state index contributed by atoms with van der Waals surface area (Å²) in [7, 11) is 0. The van der Waals surface area contributed by atoms with Crippen LogP contribution in [0.15, 0.2) is 39.9 Å². The first kappa shape index (κ1) is 14.1.